The Bertz CT molecular complexity index is 1040. The van der Waals surface area contributed by atoms with Crippen molar-refractivity contribution in [2.45, 2.75) is 6.92 Å². The third kappa shape index (κ3) is 5.76. The SMILES string of the molecule is COc1cc(/C=C/C(=O)N2CCN(c3cc(C)nc(N4CCOCC4)n3)CC2)cc(OC)c1OC. The van der Waals surface area contributed by atoms with Crippen LogP contribution in [0.1, 0.15) is 11.3 Å². The zero-order valence-electron chi connectivity index (χ0n) is 20.8. The number of hydrogen-bond donors (Lipinski definition) is 0. The van der Waals surface area contributed by atoms with Crippen LogP contribution < -0.4 is 24.0 Å². The second-order valence-electron chi connectivity index (χ2n) is 8.37. The predicted octanol–water partition coefficient (Wildman–Crippen LogP) is 2.01. The molecule has 2 aromatic rings. The fourth-order valence-electron chi connectivity index (χ4n) is 4.23. The van der Waals surface area contributed by atoms with Gasteiger partial charge in [0.1, 0.15) is 5.82 Å². The van der Waals surface area contributed by atoms with Crippen LogP contribution in [0.2, 0.25) is 0 Å². The summed E-state index contributed by atoms with van der Waals surface area (Å²) in [6.07, 6.45) is 3.35. The van der Waals surface area contributed by atoms with E-state index in [1.165, 1.54) is 0 Å². The molecule has 0 bridgehead atoms. The zero-order valence-corrected chi connectivity index (χ0v) is 20.8. The lowest BCUT2D eigenvalue weighted by Gasteiger charge is -2.35. The number of ether oxygens (including phenoxy) is 4. The average molecular weight is 484 g/mol. The lowest BCUT2D eigenvalue weighted by Crippen LogP contribution is -2.48. The number of morpholine rings is 1. The molecule has 4 rings (SSSR count). The number of rotatable bonds is 7. The number of carbonyl (C=O) groups is 1. The van der Waals surface area contributed by atoms with Gasteiger partial charge in [0.25, 0.3) is 0 Å². The van der Waals surface area contributed by atoms with Crippen molar-refractivity contribution in [3.63, 3.8) is 0 Å². The van der Waals surface area contributed by atoms with Crippen LogP contribution in [0, 0.1) is 6.92 Å². The van der Waals surface area contributed by atoms with Crippen LogP contribution in [-0.4, -0.2) is 94.6 Å². The molecule has 0 spiro atoms. The number of piperazine rings is 1. The van der Waals surface area contributed by atoms with Gasteiger partial charge in [-0.3, -0.25) is 4.79 Å². The van der Waals surface area contributed by atoms with E-state index in [2.05, 4.69) is 14.8 Å². The number of aromatic nitrogens is 2. The molecule has 1 aromatic heterocycles. The predicted molar refractivity (Wildman–Crippen MR) is 134 cm³/mol. The Hall–Kier alpha value is -3.53. The Labute approximate surface area is 206 Å². The molecular weight excluding hydrogens is 450 g/mol. The molecular formula is C25H33N5O5. The van der Waals surface area contributed by atoms with Crippen LogP contribution in [0.4, 0.5) is 11.8 Å². The van der Waals surface area contributed by atoms with E-state index in [1.807, 2.05) is 30.0 Å². The molecule has 0 N–H and O–H groups in total. The largest absolute Gasteiger partial charge is 0.493 e. The fraction of sp³-hybridized carbons (Fsp3) is 0.480. The van der Waals surface area contributed by atoms with E-state index in [4.69, 9.17) is 23.9 Å². The highest BCUT2D eigenvalue weighted by Crippen LogP contribution is 2.38. The smallest absolute Gasteiger partial charge is 0.246 e. The van der Waals surface area contributed by atoms with Gasteiger partial charge in [0.15, 0.2) is 11.5 Å². The van der Waals surface area contributed by atoms with Gasteiger partial charge in [0.05, 0.1) is 34.5 Å². The molecule has 2 fully saturated rings. The summed E-state index contributed by atoms with van der Waals surface area (Å²) in [4.78, 5) is 28.5. The first-order chi connectivity index (χ1) is 17.0. The maximum Gasteiger partial charge on any atom is 0.246 e. The second kappa shape index (κ2) is 11.3. The van der Waals surface area contributed by atoms with Crippen LogP contribution >= 0.6 is 0 Å². The van der Waals surface area contributed by atoms with Crippen LogP contribution in [0.15, 0.2) is 24.3 Å². The Morgan fingerprint density at radius 2 is 1.54 bits per heavy atom. The number of anilines is 2. The molecule has 35 heavy (non-hydrogen) atoms. The van der Waals surface area contributed by atoms with E-state index in [0.717, 1.165) is 36.1 Å². The van der Waals surface area contributed by atoms with Crippen molar-refractivity contribution in [3.05, 3.63) is 35.5 Å². The van der Waals surface area contributed by atoms with Crippen LogP contribution in [0.25, 0.3) is 6.08 Å². The number of benzene rings is 1. The van der Waals surface area contributed by atoms with E-state index in [9.17, 15) is 4.79 Å². The third-order valence-electron chi connectivity index (χ3n) is 6.14. The molecule has 2 aliphatic rings. The zero-order chi connectivity index (χ0) is 24.8. The van der Waals surface area contributed by atoms with Crippen molar-refractivity contribution in [1.29, 1.82) is 0 Å². The summed E-state index contributed by atoms with van der Waals surface area (Å²) in [5.41, 5.74) is 1.72. The summed E-state index contributed by atoms with van der Waals surface area (Å²) in [6, 6.07) is 5.63. The Balaban J connectivity index is 1.39. The highest BCUT2D eigenvalue weighted by atomic mass is 16.5. The van der Waals surface area contributed by atoms with Crippen molar-refractivity contribution in [3.8, 4) is 17.2 Å². The molecule has 10 nitrogen and oxygen atoms in total. The highest BCUT2D eigenvalue weighted by Gasteiger charge is 2.23. The third-order valence-corrected chi connectivity index (χ3v) is 6.14. The normalized spacial score (nSPS) is 16.5. The van der Waals surface area contributed by atoms with E-state index >= 15 is 0 Å². The Morgan fingerprint density at radius 3 is 2.14 bits per heavy atom. The average Bonchev–Trinajstić information content (AvgIpc) is 2.91. The van der Waals surface area contributed by atoms with E-state index in [0.29, 0.717) is 56.6 Å². The summed E-state index contributed by atoms with van der Waals surface area (Å²) in [6.45, 7) is 7.62. The number of carbonyl (C=O) groups excluding carboxylic acids is 1. The monoisotopic (exact) mass is 483 g/mol. The summed E-state index contributed by atoms with van der Waals surface area (Å²) in [5.74, 6) is 3.22. The Morgan fingerprint density at radius 1 is 0.886 bits per heavy atom. The maximum atomic E-state index is 12.9. The summed E-state index contributed by atoms with van der Waals surface area (Å²) in [5, 5.41) is 0. The van der Waals surface area contributed by atoms with Crippen molar-refractivity contribution < 1.29 is 23.7 Å². The Kier molecular flexibility index (Phi) is 7.91. The second-order valence-corrected chi connectivity index (χ2v) is 8.37. The molecule has 0 unspecified atom stereocenters. The summed E-state index contributed by atoms with van der Waals surface area (Å²) < 4.78 is 21.6. The van der Waals surface area contributed by atoms with Gasteiger partial charge < -0.3 is 33.6 Å². The first-order valence-corrected chi connectivity index (χ1v) is 11.7. The summed E-state index contributed by atoms with van der Waals surface area (Å²) >= 11 is 0. The van der Waals surface area contributed by atoms with Crippen molar-refractivity contribution in [1.82, 2.24) is 14.9 Å². The molecule has 0 aliphatic carbocycles. The van der Waals surface area contributed by atoms with Gasteiger partial charge in [-0.1, -0.05) is 0 Å². The highest BCUT2D eigenvalue weighted by molar-refractivity contribution is 5.92. The van der Waals surface area contributed by atoms with Crippen LogP contribution in [0.3, 0.4) is 0 Å². The quantitative estimate of drug-likeness (QED) is 0.549. The maximum absolute atomic E-state index is 12.9. The molecule has 0 radical (unpaired) electrons. The lowest BCUT2D eigenvalue weighted by molar-refractivity contribution is -0.126. The molecule has 1 aromatic carbocycles. The fourth-order valence-corrected chi connectivity index (χ4v) is 4.23. The standard InChI is InChI=1S/C25H33N5O5/c1-18-15-22(27-25(26-18)30-11-13-35-14-12-30)28-7-9-29(10-8-28)23(31)6-5-19-16-20(32-2)24(34-4)21(17-19)33-3/h5-6,15-17H,7-14H2,1-4H3/b6-5+. The van der Waals surface area contributed by atoms with Crippen molar-refractivity contribution in [2.75, 3.05) is 83.6 Å². The van der Waals surface area contributed by atoms with Gasteiger partial charge in [-0.2, -0.15) is 4.98 Å². The molecule has 0 atom stereocenters. The molecule has 0 saturated carbocycles. The van der Waals surface area contributed by atoms with Gasteiger partial charge in [0.2, 0.25) is 17.6 Å². The van der Waals surface area contributed by atoms with Gasteiger partial charge in [0, 0.05) is 57.1 Å². The summed E-state index contributed by atoms with van der Waals surface area (Å²) in [7, 11) is 4.70. The number of methoxy groups -OCH3 is 3. The van der Waals surface area contributed by atoms with Crippen LogP contribution in [0.5, 0.6) is 17.2 Å². The molecule has 2 saturated heterocycles. The van der Waals surface area contributed by atoms with E-state index in [1.54, 1.807) is 33.5 Å². The van der Waals surface area contributed by atoms with Gasteiger partial charge in [-0.25, -0.2) is 4.98 Å². The number of amides is 1. The minimum atomic E-state index is -0.0359. The van der Waals surface area contributed by atoms with E-state index < -0.39 is 0 Å². The van der Waals surface area contributed by atoms with Crippen molar-refractivity contribution >= 4 is 23.7 Å². The lowest BCUT2D eigenvalue weighted by atomic mass is 10.1. The molecule has 1 amide bonds. The first-order valence-electron chi connectivity index (χ1n) is 11.7. The van der Waals surface area contributed by atoms with Gasteiger partial charge in [-0.05, 0) is 30.7 Å². The molecule has 3 heterocycles. The number of aryl methyl sites for hydroxylation is 1. The first kappa shape index (κ1) is 24.6. The van der Waals surface area contributed by atoms with Gasteiger partial charge >= 0.3 is 0 Å². The van der Waals surface area contributed by atoms with Crippen molar-refractivity contribution in [2.24, 2.45) is 0 Å². The molecule has 2 aliphatic heterocycles. The van der Waals surface area contributed by atoms with Gasteiger partial charge in [-0.15, -0.1) is 0 Å². The molecule has 10 heteroatoms. The minimum absolute atomic E-state index is 0.0359. The number of nitrogens with zero attached hydrogens (tertiary/aromatic N) is 5. The molecule has 188 valence electrons. The topological polar surface area (TPSA) is 89.5 Å². The number of hydrogen-bond acceptors (Lipinski definition) is 9. The minimum Gasteiger partial charge on any atom is -0.493 e. The van der Waals surface area contributed by atoms with Crippen LogP contribution in [-0.2, 0) is 9.53 Å². The van der Waals surface area contributed by atoms with E-state index in [-0.39, 0.29) is 5.91 Å².